The number of amides is 2. The number of hydrazine groups is 1. The number of carboxylic acid groups (broad SMARTS) is 1. The number of halogens is 2. The van der Waals surface area contributed by atoms with Crippen LogP contribution >= 0.6 is 11.6 Å². The van der Waals surface area contributed by atoms with Crippen LogP contribution in [-0.2, 0) is 4.79 Å². The van der Waals surface area contributed by atoms with Crippen molar-refractivity contribution in [3.05, 3.63) is 11.1 Å². The lowest BCUT2D eigenvalue weighted by Crippen LogP contribution is -2.41. The first kappa shape index (κ1) is 21.9. The summed E-state index contributed by atoms with van der Waals surface area (Å²) in [6.45, 7) is 3.60. The largest absolute Gasteiger partial charge is 0.465 e. The predicted octanol–water partition coefficient (Wildman–Crippen LogP) is 3.00. The van der Waals surface area contributed by atoms with Gasteiger partial charge < -0.3 is 15.7 Å². The summed E-state index contributed by atoms with van der Waals surface area (Å²) >= 11 is 5.82. The molecule has 1 aliphatic carbocycles. The van der Waals surface area contributed by atoms with Crippen molar-refractivity contribution < 1.29 is 19.1 Å². The number of hydrogen-bond acceptors (Lipinski definition) is 6. The zero-order valence-corrected chi connectivity index (χ0v) is 16.6. The Balaban J connectivity index is 2.03. The molecule has 1 heterocycles. The van der Waals surface area contributed by atoms with Crippen molar-refractivity contribution >= 4 is 35.2 Å². The fourth-order valence-corrected chi connectivity index (χ4v) is 3.41. The number of aromatic nitrogens is 2. The van der Waals surface area contributed by atoms with Crippen molar-refractivity contribution in [2.75, 3.05) is 17.3 Å². The molecule has 0 aliphatic heterocycles. The summed E-state index contributed by atoms with van der Waals surface area (Å²) in [4.78, 5) is 30.9. The van der Waals surface area contributed by atoms with E-state index in [0.717, 1.165) is 25.7 Å². The highest BCUT2D eigenvalue weighted by molar-refractivity contribution is 6.28. The predicted molar refractivity (Wildman–Crippen MR) is 104 cm³/mol. The lowest BCUT2D eigenvalue weighted by atomic mass is 9.92. The van der Waals surface area contributed by atoms with E-state index < -0.39 is 23.7 Å². The molecule has 1 fully saturated rings. The first-order chi connectivity index (χ1) is 13.3. The summed E-state index contributed by atoms with van der Waals surface area (Å²) in [6.07, 6.45) is 3.62. The molecule has 5 N–H and O–H groups in total. The number of nitrogens with zero attached hydrogens (tertiary/aromatic N) is 2. The van der Waals surface area contributed by atoms with Crippen LogP contribution in [0.25, 0.3) is 0 Å². The third-order valence-corrected chi connectivity index (χ3v) is 4.69. The number of carbonyl (C=O) groups excluding carboxylic acids is 1. The van der Waals surface area contributed by atoms with Gasteiger partial charge in [-0.15, -0.1) is 0 Å². The van der Waals surface area contributed by atoms with Crippen LogP contribution in [0.1, 0.15) is 46.0 Å². The summed E-state index contributed by atoms with van der Waals surface area (Å²) < 4.78 is 14.5. The van der Waals surface area contributed by atoms with Gasteiger partial charge in [-0.2, -0.15) is 14.4 Å². The Morgan fingerprint density at radius 2 is 1.89 bits per heavy atom. The van der Waals surface area contributed by atoms with E-state index in [0.29, 0.717) is 12.3 Å². The summed E-state index contributed by atoms with van der Waals surface area (Å²) in [5, 5.41) is 13.7. The van der Waals surface area contributed by atoms with E-state index in [-0.39, 0.29) is 29.5 Å². The molecule has 0 radical (unpaired) electrons. The van der Waals surface area contributed by atoms with Crippen LogP contribution in [0.15, 0.2) is 0 Å². The maximum Gasteiger partial charge on any atom is 0.404 e. The number of hydrogen-bond donors (Lipinski definition) is 5. The lowest BCUT2D eigenvalue weighted by Gasteiger charge is -2.20. The third kappa shape index (κ3) is 6.66. The Kier molecular flexibility index (Phi) is 8.04. The molecule has 0 unspecified atom stereocenters. The highest BCUT2D eigenvalue weighted by Crippen LogP contribution is 2.30. The molecule has 11 heteroatoms. The Morgan fingerprint density at radius 3 is 2.50 bits per heavy atom. The lowest BCUT2D eigenvalue weighted by molar-refractivity contribution is -0.124. The van der Waals surface area contributed by atoms with E-state index in [2.05, 4.69) is 31.5 Å². The van der Waals surface area contributed by atoms with E-state index in [4.69, 9.17) is 16.7 Å². The number of anilines is 2. The summed E-state index contributed by atoms with van der Waals surface area (Å²) in [6, 6.07) is -0.0826. The van der Waals surface area contributed by atoms with Crippen molar-refractivity contribution in [3.63, 3.8) is 0 Å². The second kappa shape index (κ2) is 10.3. The van der Waals surface area contributed by atoms with Gasteiger partial charge in [0.2, 0.25) is 17.0 Å². The molecule has 1 aromatic heterocycles. The molecular weight excluding hydrogens is 391 g/mol. The van der Waals surface area contributed by atoms with E-state index >= 15 is 0 Å². The first-order valence-corrected chi connectivity index (χ1v) is 9.66. The molecule has 2 rings (SSSR count). The normalized spacial score (nSPS) is 15.3. The molecule has 28 heavy (non-hydrogen) atoms. The molecule has 2 amide bonds. The topological polar surface area (TPSA) is 128 Å². The van der Waals surface area contributed by atoms with Crippen LogP contribution in [-0.4, -0.2) is 39.7 Å². The van der Waals surface area contributed by atoms with Gasteiger partial charge in [0, 0.05) is 12.6 Å². The van der Waals surface area contributed by atoms with Crippen molar-refractivity contribution in [1.82, 2.24) is 20.7 Å². The highest BCUT2D eigenvalue weighted by Gasteiger charge is 2.26. The average Bonchev–Trinajstić information content (AvgIpc) is 3.12. The fourth-order valence-electron chi connectivity index (χ4n) is 3.24. The van der Waals surface area contributed by atoms with Crippen molar-refractivity contribution in [3.8, 4) is 0 Å². The van der Waals surface area contributed by atoms with E-state index in [1.165, 1.54) is 0 Å². The maximum atomic E-state index is 14.5. The standard InChI is InChI=1S/C17H26ClFN6O3/c1-9(2)21-13-12(19)14(23-16(18)22-13)24-25-15(26)11(8-20-17(27)28)7-10-5-3-4-6-10/h9-11,20H,3-8H2,1-2H3,(H,25,26)(H,27,28)(H2,21,22,23,24)/t11-/m1/s1. The Hall–Kier alpha value is -2.36. The molecule has 1 saturated carbocycles. The zero-order valence-electron chi connectivity index (χ0n) is 15.9. The summed E-state index contributed by atoms with van der Waals surface area (Å²) in [5.41, 5.74) is 4.84. The van der Waals surface area contributed by atoms with Crippen LogP contribution in [0.5, 0.6) is 0 Å². The van der Waals surface area contributed by atoms with E-state index in [9.17, 15) is 14.0 Å². The number of nitrogens with one attached hydrogen (secondary N) is 4. The zero-order chi connectivity index (χ0) is 20.7. The maximum absolute atomic E-state index is 14.5. The molecule has 0 bridgehead atoms. The molecule has 0 spiro atoms. The van der Waals surface area contributed by atoms with Gasteiger partial charge in [0.1, 0.15) is 0 Å². The van der Waals surface area contributed by atoms with Gasteiger partial charge in [0.05, 0.1) is 5.92 Å². The third-order valence-electron chi connectivity index (χ3n) is 4.52. The Labute approximate surface area is 167 Å². The first-order valence-electron chi connectivity index (χ1n) is 9.28. The van der Waals surface area contributed by atoms with Gasteiger partial charge in [-0.05, 0) is 37.8 Å². The SMILES string of the molecule is CC(C)Nc1nc(Cl)nc(NNC(=O)[C@@H](CNC(=O)O)CC2CCCC2)c1F. The van der Waals surface area contributed by atoms with Gasteiger partial charge in [0.15, 0.2) is 11.6 Å². The molecular formula is C17H26ClFN6O3. The highest BCUT2D eigenvalue weighted by atomic mass is 35.5. The van der Waals surface area contributed by atoms with Gasteiger partial charge >= 0.3 is 6.09 Å². The van der Waals surface area contributed by atoms with Crippen molar-refractivity contribution in [1.29, 1.82) is 0 Å². The van der Waals surface area contributed by atoms with Gasteiger partial charge in [-0.3, -0.25) is 15.6 Å². The second-order valence-corrected chi connectivity index (χ2v) is 7.52. The molecule has 1 aliphatic rings. The summed E-state index contributed by atoms with van der Waals surface area (Å²) in [7, 11) is 0. The smallest absolute Gasteiger partial charge is 0.404 e. The second-order valence-electron chi connectivity index (χ2n) is 7.19. The van der Waals surface area contributed by atoms with Crippen LogP contribution in [0, 0.1) is 17.7 Å². The van der Waals surface area contributed by atoms with Crippen LogP contribution in [0.3, 0.4) is 0 Å². The monoisotopic (exact) mass is 416 g/mol. The number of rotatable bonds is 9. The minimum Gasteiger partial charge on any atom is -0.465 e. The molecule has 1 aromatic rings. The quantitative estimate of drug-likeness (QED) is 0.309. The molecule has 156 valence electrons. The molecule has 0 saturated heterocycles. The number of carbonyl (C=O) groups is 2. The minimum atomic E-state index is -1.20. The average molecular weight is 417 g/mol. The van der Waals surface area contributed by atoms with Crippen LogP contribution in [0.2, 0.25) is 5.28 Å². The van der Waals surface area contributed by atoms with Gasteiger partial charge in [-0.1, -0.05) is 25.7 Å². The van der Waals surface area contributed by atoms with Crippen LogP contribution < -0.4 is 21.5 Å². The van der Waals surface area contributed by atoms with Crippen molar-refractivity contribution in [2.45, 2.75) is 52.0 Å². The van der Waals surface area contributed by atoms with Gasteiger partial charge in [0.25, 0.3) is 0 Å². The Morgan fingerprint density at radius 1 is 1.25 bits per heavy atom. The van der Waals surface area contributed by atoms with Crippen LogP contribution in [0.4, 0.5) is 20.8 Å². The fraction of sp³-hybridized carbons (Fsp3) is 0.647. The van der Waals surface area contributed by atoms with Gasteiger partial charge in [-0.25, -0.2) is 4.79 Å². The van der Waals surface area contributed by atoms with Crippen molar-refractivity contribution in [2.24, 2.45) is 11.8 Å². The minimum absolute atomic E-state index is 0.0213. The van der Waals surface area contributed by atoms with E-state index in [1.54, 1.807) is 0 Å². The molecule has 1 atom stereocenters. The molecule has 0 aromatic carbocycles. The van der Waals surface area contributed by atoms with E-state index in [1.807, 2.05) is 13.8 Å². The Bertz CT molecular complexity index is 700. The summed E-state index contributed by atoms with van der Waals surface area (Å²) in [5.74, 6) is -1.80. The molecule has 9 nitrogen and oxygen atoms in total.